The van der Waals surface area contributed by atoms with Crippen molar-refractivity contribution in [1.29, 1.82) is 0 Å². The maximum Gasteiger partial charge on any atom is 0.169 e. The Kier molecular flexibility index (Phi) is 5.18. The molecule has 1 aliphatic rings. The van der Waals surface area contributed by atoms with Crippen molar-refractivity contribution < 1.29 is 9.53 Å². The number of nitrogens with two attached hydrogens (primary N) is 1. The first kappa shape index (κ1) is 15.0. The minimum atomic E-state index is 0.0331. The van der Waals surface area contributed by atoms with Crippen LogP contribution in [0.15, 0.2) is 18.2 Å². The highest BCUT2D eigenvalue weighted by Gasteiger charge is 2.22. The van der Waals surface area contributed by atoms with Gasteiger partial charge in [0.05, 0.1) is 12.2 Å². The molecule has 0 saturated heterocycles. The minimum absolute atomic E-state index is 0.0331. The summed E-state index contributed by atoms with van der Waals surface area (Å²) in [6.07, 6.45) is 4.91. The van der Waals surface area contributed by atoms with Crippen molar-refractivity contribution in [2.45, 2.75) is 52.0 Å². The number of fused-ring (bicyclic) bond motifs is 1. The van der Waals surface area contributed by atoms with Gasteiger partial charge in [-0.25, -0.2) is 0 Å². The molecule has 0 spiro atoms. The summed E-state index contributed by atoms with van der Waals surface area (Å²) in [7, 11) is 0. The second kappa shape index (κ2) is 6.89. The fourth-order valence-corrected chi connectivity index (χ4v) is 2.73. The first-order valence-electron chi connectivity index (χ1n) is 7.64. The molecule has 3 nitrogen and oxygen atoms in total. The van der Waals surface area contributed by atoms with E-state index in [1.165, 1.54) is 5.56 Å². The van der Waals surface area contributed by atoms with E-state index in [4.69, 9.17) is 10.5 Å². The van der Waals surface area contributed by atoms with E-state index in [2.05, 4.69) is 6.07 Å². The van der Waals surface area contributed by atoms with Gasteiger partial charge >= 0.3 is 0 Å². The number of aryl methyl sites for hydroxylation is 1. The maximum atomic E-state index is 12.6. The fraction of sp³-hybridized carbons (Fsp3) is 0.588. The van der Waals surface area contributed by atoms with Gasteiger partial charge in [-0.1, -0.05) is 25.5 Å². The molecule has 2 N–H and O–H groups in total. The van der Waals surface area contributed by atoms with E-state index in [0.29, 0.717) is 0 Å². The normalized spacial score (nSPS) is 16.9. The third-order valence-electron chi connectivity index (χ3n) is 3.94. The number of hydrogen-bond acceptors (Lipinski definition) is 3. The number of Topliss-reactive ketones (excluding diaryl/α,β-unsaturated/α-hetero) is 1. The van der Waals surface area contributed by atoms with E-state index in [1.807, 2.05) is 26.0 Å². The average molecular weight is 275 g/mol. The van der Waals surface area contributed by atoms with E-state index in [0.717, 1.165) is 50.0 Å². The zero-order valence-electron chi connectivity index (χ0n) is 12.5. The number of benzene rings is 1. The lowest BCUT2D eigenvalue weighted by Gasteiger charge is -2.21. The van der Waals surface area contributed by atoms with E-state index < -0.39 is 0 Å². The first-order valence-corrected chi connectivity index (χ1v) is 7.64. The molecule has 0 aromatic heterocycles. The molecular weight excluding hydrogens is 250 g/mol. The Bertz CT molecular complexity index is 468. The Balaban J connectivity index is 2.05. The van der Waals surface area contributed by atoms with Crippen LogP contribution in [0.1, 0.15) is 55.5 Å². The van der Waals surface area contributed by atoms with Crippen molar-refractivity contribution in [3.05, 3.63) is 29.3 Å². The predicted molar refractivity (Wildman–Crippen MR) is 81.3 cm³/mol. The Morgan fingerprint density at radius 1 is 1.35 bits per heavy atom. The van der Waals surface area contributed by atoms with Crippen LogP contribution < -0.4 is 10.5 Å². The number of carbonyl (C=O) groups is 1. The average Bonchev–Trinajstić information content (AvgIpc) is 2.45. The van der Waals surface area contributed by atoms with Gasteiger partial charge in [0.15, 0.2) is 5.78 Å². The number of hydrogen-bond donors (Lipinski definition) is 1. The van der Waals surface area contributed by atoms with Crippen molar-refractivity contribution >= 4 is 5.78 Å². The second-order valence-electron chi connectivity index (χ2n) is 5.92. The number of rotatable bonds is 6. The minimum Gasteiger partial charge on any atom is -0.493 e. The standard InChI is InChI=1S/C17H25NO2/c1-12(6-3-7-13(2)18)16(19)15-10-4-8-14-9-5-11-20-17(14)15/h4,8,10,12-13H,3,5-7,9,11,18H2,1-2H3. The molecule has 0 saturated carbocycles. The summed E-state index contributed by atoms with van der Waals surface area (Å²) in [6.45, 7) is 4.73. The number of ketones is 1. The molecule has 2 rings (SSSR count). The van der Waals surface area contributed by atoms with E-state index in [-0.39, 0.29) is 17.7 Å². The first-order chi connectivity index (χ1) is 9.59. The van der Waals surface area contributed by atoms with Crippen molar-refractivity contribution in [2.24, 2.45) is 11.7 Å². The maximum absolute atomic E-state index is 12.6. The van der Waals surface area contributed by atoms with E-state index >= 15 is 0 Å². The second-order valence-corrected chi connectivity index (χ2v) is 5.92. The van der Waals surface area contributed by atoms with Gasteiger partial charge in [0.1, 0.15) is 5.75 Å². The Morgan fingerprint density at radius 3 is 2.90 bits per heavy atom. The largest absolute Gasteiger partial charge is 0.493 e. The van der Waals surface area contributed by atoms with Crippen LogP contribution in [-0.2, 0) is 6.42 Å². The predicted octanol–water partition coefficient (Wildman–Crippen LogP) is 3.35. The van der Waals surface area contributed by atoms with Gasteiger partial charge in [-0.05, 0) is 44.2 Å². The van der Waals surface area contributed by atoms with Crippen LogP contribution in [-0.4, -0.2) is 18.4 Å². The zero-order valence-corrected chi connectivity index (χ0v) is 12.5. The molecule has 1 heterocycles. The Hall–Kier alpha value is -1.35. The molecule has 0 bridgehead atoms. The molecule has 0 amide bonds. The van der Waals surface area contributed by atoms with Gasteiger partial charge in [-0.3, -0.25) is 4.79 Å². The number of para-hydroxylation sites is 1. The molecule has 0 fully saturated rings. The topological polar surface area (TPSA) is 52.3 Å². The quantitative estimate of drug-likeness (QED) is 0.810. The summed E-state index contributed by atoms with van der Waals surface area (Å²) >= 11 is 0. The van der Waals surface area contributed by atoms with Gasteiger partial charge in [0.2, 0.25) is 0 Å². The SMILES string of the molecule is CC(N)CCCC(C)C(=O)c1cccc2c1OCCC2. The zero-order chi connectivity index (χ0) is 14.5. The van der Waals surface area contributed by atoms with Gasteiger partial charge in [-0.2, -0.15) is 0 Å². The third kappa shape index (κ3) is 3.60. The van der Waals surface area contributed by atoms with E-state index in [9.17, 15) is 4.79 Å². The molecule has 20 heavy (non-hydrogen) atoms. The van der Waals surface area contributed by atoms with Gasteiger partial charge in [-0.15, -0.1) is 0 Å². The summed E-state index contributed by atoms with van der Waals surface area (Å²) in [4.78, 5) is 12.6. The van der Waals surface area contributed by atoms with Crippen LogP contribution in [0.4, 0.5) is 0 Å². The molecule has 0 aliphatic carbocycles. The van der Waals surface area contributed by atoms with E-state index in [1.54, 1.807) is 0 Å². The summed E-state index contributed by atoms with van der Waals surface area (Å²) in [5.74, 6) is 1.06. The Morgan fingerprint density at radius 2 is 2.15 bits per heavy atom. The molecule has 3 heteroatoms. The van der Waals surface area contributed by atoms with Crippen LogP contribution >= 0.6 is 0 Å². The van der Waals surface area contributed by atoms with Gasteiger partial charge in [0, 0.05) is 12.0 Å². The van der Waals surface area contributed by atoms with Crippen molar-refractivity contribution in [1.82, 2.24) is 0 Å². The summed E-state index contributed by atoms with van der Waals surface area (Å²) in [5, 5.41) is 0. The highest BCUT2D eigenvalue weighted by Crippen LogP contribution is 2.31. The monoisotopic (exact) mass is 275 g/mol. The molecule has 1 aromatic carbocycles. The van der Waals surface area contributed by atoms with Crippen molar-refractivity contribution in [2.75, 3.05) is 6.61 Å². The van der Waals surface area contributed by atoms with Crippen molar-refractivity contribution in [3.63, 3.8) is 0 Å². The van der Waals surface area contributed by atoms with Crippen molar-refractivity contribution in [3.8, 4) is 5.75 Å². The lowest BCUT2D eigenvalue weighted by molar-refractivity contribution is 0.0917. The molecule has 1 aliphatic heterocycles. The van der Waals surface area contributed by atoms with Crippen LogP contribution in [0, 0.1) is 5.92 Å². The van der Waals surface area contributed by atoms with Crippen LogP contribution in [0.25, 0.3) is 0 Å². The fourth-order valence-electron chi connectivity index (χ4n) is 2.73. The number of ether oxygens (including phenoxy) is 1. The van der Waals surface area contributed by atoms with Crippen LogP contribution in [0.3, 0.4) is 0 Å². The lowest BCUT2D eigenvalue weighted by Crippen LogP contribution is -2.18. The molecule has 110 valence electrons. The summed E-state index contributed by atoms with van der Waals surface area (Å²) < 4.78 is 5.73. The third-order valence-corrected chi connectivity index (χ3v) is 3.94. The summed E-state index contributed by atoms with van der Waals surface area (Å²) in [6, 6.07) is 6.14. The van der Waals surface area contributed by atoms with Crippen LogP contribution in [0.5, 0.6) is 5.75 Å². The van der Waals surface area contributed by atoms with Crippen LogP contribution in [0.2, 0.25) is 0 Å². The van der Waals surface area contributed by atoms with Gasteiger partial charge < -0.3 is 10.5 Å². The number of carbonyl (C=O) groups excluding carboxylic acids is 1. The summed E-state index contributed by atoms with van der Waals surface area (Å²) in [5.41, 5.74) is 7.68. The lowest BCUT2D eigenvalue weighted by atomic mass is 9.91. The molecule has 0 radical (unpaired) electrons. The Labute approximate surface area is 121 Å². The molecule has 1 aromatic rings. The highest BCUT2D eigenvalue weighted by molar-refractivity contribution is 6.00. The van der Waals surface area contributed by atoms with Gasteiger partial charge in [0.25, 0.3) is 0 Å². The molecule has 2 unspecified atom stereocenters. The smallest absolute Gasteiger partial charge is 0.169 e. The molecular formula is C17H25NO2. The molecule has 2 atom stereocenters. The highest BCUT2D eigenvalue weighted by atomic mass is 16.5.